The molecule has 2 N–H and O–H groups in total. The van der Waals surface area contributed by atoms with Crippen LogP contribution in [-0.4, -0.2) is 35.5 Å². The molecule has 4 nitrogen and oxygen atoms in total. The maximum absolute atomic E-state index is 12.7. The summed E-state index contributed by atoms with van der Waals surface area (Å²) >= 11 is 1.69. The van der Waals surface area contributed by atoms with Crippen LogP contribution in [0.4, 0.5) is 13.2 Å². The predicted octanol–water partition coefficient (Wildman–Crippen LogP) is 4.38. The highest BCUT2D eigenvalue weighted by Crippen LogP contribution is 2.31. The highest BCUT2D eigenvalue weighted by atomic mass is 32.2. The number of aliphatic hydroxyl groups is 1. The number of ether oxygens (including phenoxy) is 1. The summed E-state index contributed by atoms with van der Waals surface area (Å²) in [6, 6.07) is 11.5. The second-order valence-electron chi connectivity index (χ2n) is 6.39. The molecule has 0 aromatic heterocycles. The van der Waals surface area contributed by atoms with Gasteiger partial charge in [-0.2, -0.15) is 13.2 Å². The van der Waals surface area contributed by atoms with Gasteiger partial charge in [-0.15, -0.1) is 11.8 Å². The molecule has 1 unspecified atom stereocenters. The van der Waals surface area contributed by atoms with Crippen molar-refractivity contribution >= 4 is 17.7 Å². The van der Waals surface area contributed by atoms with E-state index in [0.29, 0.717) is 10.8 Å². The zero-order chi connectivity index (χ0) is 20.7. The minimum atomic E-state index is -4.46. The van der Waals surface area contributed by atoms with Crippen LogP contribution in [0.25, 0.3) is 0 Å². The molecule has 0 saturated carbocycles. The molecular weight excluding hydrogens is 391 g/mol. The van der Waals surface area contributed by atoms with Gasteiger partial charge in [-0.1, -0.05) is 19.9 Å². The van der Waals surface area contributed by atoms with Gasteiger partial charge in [0.05, 0.1) is 5.56 Å². The van der Waals surface area contributed by atoms with Crippen LogP contribution in [-0.2, 0) is 6.18 Å². The van der Waals surface area contributed by atoms with Gasteiger partial charge in [0.2, 0.25) is 0 Å². The summed E-state index contributed by atoms with van der Waals surface area (Å²) in [4.78, 5) is 13.2. The number of aliphatic hydroxyl groups excluding tert-OH is 1. The van der Waals surface area contributed by atoms with E-state index in [1.165, 1.54) is 12.1 Å². The molecule has 0 fully saturated rings. The van der Waals surface area contributed by atoms with Gasteiger partial charge < -0.3 is 15.2 Å². The maximum atomic E-state index is 12.7. The fraction of sp³-hybridized carbons (Fsp3) is 0.350. The van der Waals surface area contributed by atoms with Crippen molar-refractivity contribution < 1.29 is 27.8 Å². The second-order valence-corrected chi connectivity index (χ2v) is 8.04. The van der Waals surface area contributed by atoms with Crippen LogP contribution in [0.5, 0.6) is 5.75 Å². The minimum absolute atomic E-state index is 0.00144. The zero-order valence-corrected chi connectivity index (χ0v) is 16.3. The quantitative estimate of drug-likeness (QED) is 0.631. The van der Waals surface area contributed by atoms with Gasteiger partial charge >= 0.3 is 6.18 Å². The van der Waals surface area contributed by atoms with E-state index in [4.69, 9.17) is 4.74 Å². The minimum Gasteiger partial charge on any atom is -0.491 e. The van der Waals surface area contributed by atoms with Crippen molar-refractivity contribution in [1.82, 2.24) is 5.32 Å². The van der Waals surface area contributed by atoms with Crippen molar-refractivity contribution in [3.8, 4) is 5.75 Å². The third-order valence-corrected chi connectivity index (χ3v) is 4.61. The average Bonchev–Trinajstić information content (AvgIpc) is 2.64. The molecule has 0 saturated heterocycles. The van der Waals surface area contributed by atoms with E-state index in [9.17, 15) is 23.1 Å². The lowest BCUT2D eigenvalue weighted by Crippen LogP contribution is -2.35. The van der Waals surface area contributed by atoms with Gasteiger partial charge in [-0.25, -0.2) is 0 Å². The smallest absolute Gasteiger partial charge is 0.416 e. The van der Waals surface area contributed by atoms with Gasteiger partial charge in [0.1, 0.15) is 18.5 Å². The summed E-state index contributed by atoms with van der Waals surface area (Å²) in [6.45, 7) is 3.83. The Morgan fingerprint density at radius 3 is 2.46 bits per heavy atom. The molecule has 0 bridgehead atoms. The number of rotatable bonds is 8. The van der Waals surface area contributed by atoms with Gasteiger partial charge in [-0.3, -0.25) is 4.79 Å². The first-order valence-electron chi connectivity index (χ1n) is 8.68. The van der Waals surface area contributed by atoms with Crippen molar-refractivity contribution in [3.05, 3.63) is 59.7 Å². The SMILES string of the molecule is CC(C)Sc1ccc(C(=O)NCC(O)COc2cccc(C(F)(F)F)c2)cc1. The highest BCUT2D eigenvalue weighted by Gasteiger charge is 2.30. The second kappa shape index (κ2) is 9.84. The number of halogens is 3. The summed E-state index contributed by atoms with van der Waals surface area (Å²) in [6.07, 6.45) is -5.52. The van der Waals surface area contributed by atoms with Gasteiger partial charge in [0.15, 0.2) is 0 Å². The Kier molecular flexibility index (Phi) is 7.77. The normalized spacial score (nSPS) is 12.7. The van der Waals surface area contributed by atoms with Crippen LogP contribution in [0, 0.1) is 0 Å². The molecule has 152 valence electrons. The molecule has 0 radical (unpaired) electrons. The Bertz CT molecular complexity index is 779. The number of hydrogen-bond donors (Lipinski definition) is 2. The summed E-state index contributed by atoms with van der Waals surface area (Å²) in [7, 11) is 0. The van der Waals surface area contributed by atoms with E-state index >= 15 is 0 Å². The third kappa shape index (κ3) is 7.09. The molecule has 28 heavy (non-hydrogen) atoms. The molecular formula is C20H22F3NO3S. The number of benzene rings is 2. The summed E-state index contributed by atoms with van der Waals surface area (Å²) in [5.74, 6) is -0.349. The van der Waals surface area contributed by atoms with Crippen LogP contribution in [0.3, 0.4) is 0 Å². The summed E-state index contributed by atoms with van der Waals surface area (Å²) < 4.78 is 43.2. The Labute approximate surface area is 166 Å². The van der Waals surface area contributed by atoms with E-state index in [1.807, 2.05) is 12.1 Å². The van der Waals surface area contributed by atoms with Gasteiger partial charge in [0, 0.05) is 22.3 Å². The first-order chi connectivity index (χ1) is 13.1. The lowest BCUT2D eigenvalue weighted by atomic mass is 10.2. The number of thioether (sulfide) groups is 1. The van der Waals surface area contributed by atoms with Gasteiger partial charge in [-0.05, 0) is 42.5 Å². The standard InChI is InChI=1S/C20H22F3NO3S/c1-13(2)28-18-8-6-14(7-9-18)19(26)24-11-16(25)12-27-17-5-3-4-15(10-17)20(21,22)23/h3-10,13,16,25H,11-12H2,1-2H3,(H,24,26). The fourth-order valence-corrected chi connectivity index (χ4v) is 3.12. The molecule has 2 aromatic rings. The Morgan fingerprint density at radius 2 is 1.86 bits per heavy atom. The van der Waals surface area contributed by atoms with E-state index in [2.05, 4.69) is 19.2 Å². The fourth-order valence-electron chi connectivity index (χ4n) is 2.28. The number of alkyl halides is 3. The van der Waals surface area contributed by atoms with Crippen LogP contribution >= 0.6 is 11.8 Å². The predicted molar refractivity (Wildman–Crippen MR) is 103 cm³/mol. The molecule has 0 aliphatic heterocycles. The van der Waals surface area contributed by atoms with Crippen molar-refractivity contribution in [2.75, 3.05) is 13.2 Å². The molecule has 2 rings (SSSR count). The first-order valence-corrected chi connectivity index (χ1v) is 9.56. The summed E-state index contributed by atoms with van der Waals surface area (Å²) in [5.41, 5.74) is -0.369. The number of carbonyl (C=O) groups is 1. The van der Waals surface area contributed by atoms with Crippen LogP contribution in [0.1, 0.15) is 29.8 Å². The molecule has 2 aromatic carbocycles. The molecule has 0 aliphatic carbocycles. The molecule has 0 aliphatic rings. The highest BCUT2D eigenvalue weighted by molar-refractivity contribution is 7.99. The van der Waals surface area contributed by atoms with Crippen LogP contribution in [0.2, 0.25) is 0 Å². The first kappa shape index (κ1) is 22.1. The Morgan fingerprint density at radius 1 is 1.18 bits per heavy atom. The molecule has 0 spiro atoms. The number of hydrogen-bond acceptors (Lipinski definition) is 4. The van der Waals surface area contributed by atoms with Crippen molar-refractivity contribution in [3.63, 3.8) is 0 Å². The Hall–Kier alpha value is -2.19. The lowest BCUT2D eigenvalue weighted by Gasteiger charge is -2.14. The van der Waals surface area contributed by atoms with E-state index < -0.39 is 17.8 Å². The van der Waals surface area contributed by atoms with Crippen molar-refractivity contribution in [2.45, 2.75) is 36.3 Å². The topological polar surface area (TPSA) is 58.6 Å². The maximum Gasteiger partial charge on any atom is 0.416 e. The van der Waals surface area contributed by atoms with E-state index in [-0.39, 0.29) is 24.8 Å². The summed E-state index contributed by atoms with van der Waals surface area (Å²) in [5, 5.41) is 12.9. The van der Waals surface area contributed by atoms with Gasteiger partial charge in [0.25, 0.3) is 5.91 Å². The number of carbonyl (C=O) groups excluding carboxylic acids is 1. The van der Waals surface area contributed by atoms with Crippen LogP contribution < -0.4 is 10.1 Å². The molecule has 8 heteroatoms. The molecule has 1 amide bonds. The van der Waals surface area contributed by atoms with E-state index in [0.717, 1.165) is 17.0 Å². The van der Waals surface area contributed by atoms with Crippen LogP contribution in [0.15, 0.2) is 53.4 Å². The molecule has 1 atom stereocenters. The molecule has 0 heterocycles. The van der Waals surface area contributed by atoms with Crippen molar-refractivity contribution in [1.29, 1.82) is 0 Å². The zero-order valence-electron chi connectivity index (χ0n) is 15.5. The monoisotopic (exact) mass is 413 g/mol. The number of amides is 1. The number of nitrogens with one attached hydrogen (secondary N) is 1. The largest absolute Gasteiger partial charge is 0.491 e. The van der Waals surface area contributed by atoms with Crippen molar-refractivity contribution in [2.24, 2.45) is 0 Å². The third-order valence-electron chi connectivity index (χ3n) is 3.59. The average molecular weight is 413 g/mol. The Balaban J connectivity index is 1.80. The van der Waals surface area contributed by atoms with E-state index in [1.54, 1.807) is 23.9 Å². The lowest BCUT2D eigenvalue weighted by molar-refractivity contribution is -0.137.